The van der Waals surface area contributed by atoms with E-state index in [4.69, 9.17) is 11.6 Å². The first-order valence-electron chi connectivity index (χ1n) is 4.73. The summed E-state index contributed by atoms with van der Waals surface area (Å²) in [4.78, 5) is 9.03. The molecule has 0 saturated carbocycles. The normalized spacial score (nSPS) is 15.5. The Hall–Kier alpha value is 0.0700. The summed E-state index contributed by atoms with van der Waals surface area (Å²) in [5.74, 6) is 2.77. The fourth-order valence-corrected chi connectivity index (χ4v) is 3.02. The van der Waals surface area contributed by atoms with Crippen molar-refractivity contribution in [2.45, 2.75) is 30.1 Å². The molecule has 0 atom stereocenters. The molecule has 2 nitrogen and oxygen atoms in total. The Labute approximate surface area is 104 Å². The first-order chi connectivity index (χ1) is 7.04. The highest BCUT2D eigenvalue weighted by molar-refractivity contribution is 7.99. The maximum Gasteiger partial charge on any atom is 0.145 e. The van der Waals surface area contributed by atoms with Crippen LogP contribution in [0.4, 0.5) is 0 Å². The van der Waals surface area contributed by atoms with Crippen LogP contribution in [0.5, 0.6) is 0 Å². The molecular weight excluding hydrogens is 248 g/mol. The molecule has 2 rings (SSSR count). The lowest BCUT2D eigenvalue weighted by molar-refractivity contribution is 0.701. The molecule has 0 bridgehead atoms. The smallest absolute Gasteiger partial charge is 0.145 e. The molecule has 0 saturated heterocycles. The van der Waals surface area contributed by atoms with Gasteiger partial charge >= 0.3 is 0 Å². The SMILES string of the molecule is CSC(C)(C)c1nc(Cl)c2c(n1)CSC2. The molecular formula is C10H13ClN2S2. The third-order valence-electron chi connectivity index (χ3n) is 2.58. The summed E-state index contributed by atoms with van der Waals surface area (Å²) < 4.78 is -0.0636. The van der Waals surface area contributed by atoms with Gasteiger partial charge in [-0.25, -0.2) is 9.97 Å². The molecule has 0 fully saturated rings. The molecule has 15 heavy (non-hydrogen) atoms. The molecule has 1 aromatic rings. The second kappa shape index (κ2) is 4.15. The fraction of sp³-hybridized carbons (Fsp3) is 0.600. The van der Waals surface area contributed by atoms with E-state index in [0.717, 1.165) is 28.6 Å². The minimum Gasteiger partial charge on any atom is -0.235 e. The van der Waals surface area contributed by atoms with Crippen LogP contribution in [0, 0.1) is 0 Å². The Bertz CT molecular complexity index is 393. The Morgan fingerprint density at radius 3 is 2.73 bits per heavy atom. The second-order valence-electron chi connectivity index (χ2n) is 3.97. The van der Waals surface area contributed by atoms with Crippen molar-refractivity contribution in [3.63, 3.8) is 0 Å². The van der Waals surface area contributed by atoms with Crippen molar-refractivity contribution >= 4 is 35.1 Å². The van der Waals surface area contributed by atoms with Gasteiger partial charge in [0.2, 0.25) is 0 Å². The first-order valence-corrected chi connectivity index (χ1v) is 7.49. The largest absolute Gasteiger partial charge is 0.235 e. The quantitative estimate of drug-likeness (QED) is 0.761. The highest BCUT2D eigenvalue weighted by Crippen LogP contribution is 2.37. The lowest BCUT2D eigenvalue weighted by atomic mass is 10.1. The Balaban J connectivity index is 2.48. The molecule has 5 heteroatoms. The van der Waals surface area contributed by atoms with E-state index in [9.17, 15) is 0 Å². The van der Waals surface area contributed by atoms with E-state index in [1.165, 1.54) is 0 Å². The molecule has 0 spiro atoms. The van der Waals surface area contributed by atoms with Gasteiger partial charge in [-0.3, -0.25) is 0 Å². The zero-order valence-corrected chi connectivity index (χ0v) is 11.4. The van der Waals surface area contributed by atoms with E-state index in [1.54, 1.807) is 11.8 Å². The van der Waals surface area contributed by atoms with Crippen LogP contribution < -0.4 is 0 Å². The predicted molar refractivity (Wildman–Crippen MR) is 68.6 cm³/mol. The summed E-state index contributed by atoms with van der Waals surface area (Å²) in [7, 11) is 0. The van der Waals surface area contributed by atoms with E-state index >= 15 is 0 Å². The van der Waals surface area contributed by atoms with Crippen molar-refractivity contribution in [1.82, 2.24) is 9.97 Å². The number of rotatable bonds is 2. The van der Waals surface area contributed by atoms with Crippen molar-refractivity contribution < 1.29 is 0 Å². The van der Waals surface area contributed by atoms with Crippen LogP contribution in [-0.2, 0) is 16.3 Å². The maximum absolute atomic E-state index is 6.16. The molecule has 1 aliphatic heterocycles. The number of aromatic nitrogens is 2. The number of nitrogens with zero attached hydrogens (tertiary/aromatic N) is 2. The highest BCUT2D eigenvalue weighted by atomic mass is 35.5. The second-order valence-corrected chi connectivity index (χ2v) is 6.74. The molecule has 0 amide bonds. The van der Waals surface area contributed by atoms with Gasteiger partial charge in [-0.05, 0) is 20.1 Å². The van der Waals surface area contributed by atoms with Crippen LogP contribution in [-0.4, -0.2) is 16.2 Å². The number of thioether (sulfide) groups is 2. The monoisotopic (exact) mass is 260 g/mol. The van der Waals surface area contributed by atoms with Crippen molar-refractivity contribution in [2.75, 3.05) is 6.26 Å². The van der Waals surface area contributed by atoms with Gasteiger partial charge in [-0.1, -0.05) is 11.6 Å². The fourth-order valence-electron chi connectivity index (χ4n) is 1.37. The average Bonchev–Trinajstić information content (AvgIpc) is 2.66. The minimum absolute atomic E-state index is 0.0636. The molecule has 1 aliphatic rings. The third kappa shape index (κ3) is 2.12. The Morgan fingerprint density at radius 1 is 1.33 bits per heavy atom. The summed E-state index contributed by atoms with van der Waals surface area (Å²) in [6.07, 6.45) is 2.07. The predicted octanol–water partition coefficient (Wildman–Crippen LogP) is 3.47. The van der Waals surface area contributed by atoms with Gasteiger partial charge in [0, 0.05) is 17.1 Å². The summed E-state index contributed by atoms with van der Waals surface area (Å²) in [6, 6.07) is 0. The van der Waals surface area contributed by atoms with Gasteiger partial charge in [0.15, 0.2) is 0 Å². The molecule has 2 heterocycles. The summed E-state index contributed by atoms with van der Waals surface area (Å²) in [6.45, 7) is 4.25. The van der Waals surface area contributed by atoms with E-state index in [0.29, 0.717) is 5.15 Å². The lowest BCUT2D eigenvalue weighted by Crippen LogP contribution is -2.17. The van der Waals surface area contributed by atoms with E-state index in [-0.39, 0.29) is 4.75 Å². The maximum atomic E-state index is 6.16. The standard InChI is InChI=1S/C10H13ClN2S2/c1-10(2,14-3)9-12-7-5-15-4-6(7)8(11)13-9/h4-5H2,1-3H3. The molecule has 0 radical (unpaired) electrons. The number of hydrogen-bond acceptors (Lipinski definition) is 4. The molecule has 1 aromatic heterocycles. The van der Waals surface area contributed by atoms with Gasteiger partial charge in [0.25, 0.3) is 0 Å². The Kier molecular flexibility index (Phi) is 3.20. The molecule has 0 unspecified atom stereocenters. The molecule has 82 valence electrons. The van der Waals surface area contributed by atoms with Crippen LogP contribution in [0.15, 0.2) is 0 Å². The number of halogens is 1. The summed E-state index contributed by atoms with van der Waals surface area (Å²) in [5.41, 5.74) is 2.25. The number of fused-ring (bicyclic) bond motifs is 1. The zero-order valence-electron chi connectivity index (χ0n) is 9.00. The van der Waals surface area contributed by atoms with Crippen LogP contribution in [0.1, 0.15) is 30.9 Å². The average molecular weight is 261 g/mol. The van der Waals surface area contributed by atoms with Crippen molar-refractivity contribution in [3.05, 3.63) is 22.2 Å². The minimum atomic E-state index is -0.0636. The Morgan fingerprint density at radius 2 is 2.07 bits per heavy atom. The molecule has 0 N–H and O–H groups in total. The molecule has 0 aromatic carbocycles. The van der Waals surface area contributed by atoms with Crippen LogP contribution >= 0.6 is 35.1 Å². The topological polar surface area (TPSA) is 25.8 Å². The van der Waals surface area contributed by atoms with Crippen molar-refractivity contribution in [1.29, 1.82) is 0 Å². The van der Waals surface area contributed by atoms with Gasteiger partial charge in [0.1, 0.15) is 11.0 Å². The van der Waals surface area contributed by atoms with Gasteiger partial charge in [0.05, 0.1) is 10.4 Å². The zero-order chi connectivity index (χ0) is 11.1. The van der Waals surface area contributed by atoms with Crippen LogP contribution in [0.25, 0.3) is 0 Å². The van der Waals surface area contributed by atoms with Crippen molar-refractivity contribution in [2.24, 2.45) is 0 Å². The molecule has 0 aliphatic carbocycles. The van der Waals surface area contributed by atoms with Gasteiger partial charge in [-0.2, -0.15) is 23.5 Å². The summed E-state index contributed by atoms with van der Waals surface area (Å²) in [5, 5.41) is 0.641. The van der Waals surface area contributed by atoms with Crippen LogP contribution in [0.2, 0.25) is 5.15 Å². The van der Waals surface area contributed by atoms with E-state index < -0.39 is 0 Å². The first kappa shape index (κ1) is 11.6. The van der Waals surface area contributed by atoms with Crippen molar-refractivity contribution in [3.8, 4) is 0 Å². The van der Waals surface area contributed by atoms with Gasteiger partial charge < -0.3 is 0 Å². The van der Waals surface area contributed by atoms with Gasteiger partial charge in [-0.15, -0.1) is 0 Å². The van der Waals surface area contributed by atoms with E-state index in [2.05, 4.69) is 30.1 Å². The highest BCUT2D eigenvalue weighted by Gasteiger charge is 2.27. The lowest BCUT2D eigenvalue weighted by Gasteiger charge is -2.20. The third-order valence-corrected chi connectivity index (χ3v) is 5.06. The van der Waals surface area contributed by atoms with Crippen LogP contribution in [0.3, 0.4) is 0 Å². The summed E-state index contributed by atoms with van der Waals surface area (Å²) >= 11 is 9.76. The van der Waals surface area contributed by atoms with E-state index in [1.807, 2.05) is 11.8 Å². The number of hydrogen-bond donors (Lipinski definition) is 0.